The zero-order valence-electron chi connectivity index (χ0n) is 6.84. The molecule has 0 saturated heterocycles. The highest BCUT2D eigenvalue weighted by Crippen LogP contribution is 2.02. The maximum atomic E-state index is 11.5. The molecule has 4 heteroatoms. The molecule has 0 spiro atoms. The predicted molar refractivity (Wildman–Crippen MR) is 50.2 cm³/mol. The normalized spacial score (nSPS) is 10.2. The van der Waals surface area contributed by atoms with E-state index in [1.54, 1.807) is 24.5 Å². The van der Waals surface area contributed by atoms with Crippen LogP contribution >= 0.6 is 0 Å². The van der Waals surface area contributed by atoms with Crippen molar-refractivity contribution in [3.63, 3.8) is 0 Å². The SMILES string of the molecule is C=Cn1ncc2cccnc2c1=O. The predicted octanol–water partition coefficient (Wildman–Crippen LogP) is 0.892. The quantitative estimate of drug-likeness (QED) is 0.643. The summed E-state index contributed by atoms with van der Waals surface area (Å²) < 4.78 is 1.16. The second-order valence-electron chi connectivity index (χ2n) is 2.52. The van der Waals surface area contributed by atoms with E-state index in [9.17, 15) is 4.79 Å². The van der Waals surface area contributed by atoms with Gasteiger partial charge in [0.1, 0.15) is 5.52 Å². The first-order valence-corrected chi connectivity index (χ1v) is 3.78. The van der Waals surface area contributed by atoms with E-state index in [1.807, 2.05) is 0 Å². The zero-order valence-corrected chi connectivity index (χ0v) is 6.84. The third-order valence-corrected chi connectivity index (χ3v) is 1.74. The van der Waals surface area contributed by atoms with Crippen LogP contribution in [0, 0.1) is 0 Å². The fourth-order valence-corrected chi connectivity index (χ4v) is 1.12. The molecule has 0 aliphatic heterocycles. The molecule has 2 rings (SSSR count). The average Bonchev–Trinajstić information content (AvgIpc) is 2.19. The maximum absolute atomic E-state index is 11.5. The number of nitrogens with zero attached hydrogens (tertiary/aromatic N) is 3. The topological polar surface area (TPSA) is 47.8 Å². The van der Waals surface area contributed by atoms with Gasteiger partial charge in [-0.15, -0.1) is 0 Å². The number of hydrogen-bond acceptors (Lipinski definition) is 3. The third kappa shape index (κ3) is 1.12. The first kappa shape index (κ1) is 7.67. The van der Waals surface area contributed by atoms with Gasteiger partial charge in [-0.25, -0.2) is 4.68 Å². The van der Waals surface area contributed by atoms with Crippen molar-refractivity contribution in [1.29, 1.82) is 0 Å². The van der Waals surface area contributed by atoms with E-state index >= 15 is 0 Å². The van der Waals surface area contributed by atoms with Gasteiger partial charge in [-0.3, -0.25) is 9.78 Å². The summed E-state index contributed by atoms with van der Waals surface area (Å²) in [7, 11) is 0. The molecule has 0 saturated carbocycles. The van der Waals surface area contributed by atoms with Gasteiger partial charge in [-0.2, -0.15) is 5.10 Å². The standard InChI is InChI=1S/C9H7N3O/c1-2-12-9(13)8-7(6-11-12)4-3-5-10-8/h2-6H,1H2. The molecule has 0 amide bonds. The number of rotatable bonds is 1. The molecular formula is C9H7N3O. The van der Waals surface area contributed by atoms with Crippen LogP contribution in [0.25, 0.3) is 17.1 Å². The van der Waals surface area contributed by atoms with Gasteiger partial charge in [0.2, 0.25) is 0 Å². The first-order valence-electron chi connectivity index (χ1n) is 3.78. The molecule has 0 bridgehead atoms. The number of fused-ring (bicyclic) bond motifs is 1. The van der Waals surface area contributed by atoms with E-state index in [-0.39, 0.29) is 5.56 Å². The van der Waals surface area contributed by atoms with Gasteiger partial charge in [-0.05, 0) is 12.1 Å². The Labute approximate surface area is 74.2 Å². The van der Waals surface area contributed by atoms with E-state index in [2.05, 4.69) is 16.7 Å². The molecule has 2 heterocycles. The smallest absolute Gasteiger partial charge is 0.265 e. The summed E-state index contributed by atoms with van der Waals surface area (Å²) >= 11 is 0. The maximum Gasteiger partial charge on any atom is 0.297 e. The monoisotopic (exact) mass is 173 g/mol. The Balaban J connectivity index is 2.95. The van der Waals surface area contributed by atoms with Crippen LogP contribution in [0.5, 0.6) is 0 Å². The van der Waals surface area contributed by atoms with E-state index in [1.165, 1.54) is 6.20 Å². The summed E-state index contributed by atoms with van der Waals surface area (Å²) in [5.74, 6) is 0. The van der Waals surface area contributed by atoms with Crippen molar-refractivity contribution >= 4 is 17.1 Å². The molecule has 0 N–H and O–H groups in total. The Morgan fingerprint density at radius 2 is 2.38 bits per heavy atom. The van der Waals surface area contributed by atoms with Crippen LogP contribution in [-0.2, 0) is 0 Å². The van der Waals surface area contributed by atoms with Crippen LogP contribution in [0.1, 0.15) is 0 Å². The van der Waals surface area contributed by atoms with Crippen molar-refractivity contribution in [2.75, 3.05) is 0 Å². The fraction of sp³-hybridized carbons (Fsp3) is 0. The summed E-state index contributed by atoms with van der Waals surface area (Å²) in [6.45, 7) is 3.47. The van der Waals surface area contributed by atoms with E-state index < -0.39 is 0 Å². The van der Waals surface area contributed by atoms with Crippen molar-refractivity contribution in [3.8, 4) is 0 Å². The van der Waals surface area contributed by atoms with Gasteiger partial charge in [0.15, 0.2) is 0 Å². The minimum atomic E-state index is -0.242. The highest BCUT2D eigenvalue weighted by molar-refractivity contribution is 5.76. The summed E-state index contributed by atoms with van der Waals surface area (Å²) in [6, 6.07) is 3.56. The molecule has 0 radical (unpaired) electrons. The van der Waals surface area contributed by atoms with Crippen molar-refractivity contribution in [3.05, 3.63) is 41.5 Å². The summed E-state index contributed by atoms with van der Waals surface area (Å²) in [5, 5.41) is 4.61. The van der Waals surface area contributed by atoms with Crippen LogP contribution in [0.4, 0.5) is 0 Å². The van der Waals surface area contributed by atoms with Crippen LogP contribution in [0.15, 0.2) is 35.9 Å². The molecule has 2 aromatic rings. The zero-order chi connectivity index (χ0) is 9.26. The molecule has 0 aliphatic rings. The van der Waals surface area contributed by atoms with E-state index in [4.69, 9.17) is 0 Å². The van der Waals surface area contributed by atoms with Crippen LogP contribution in [0.2, 0.25) is 0 Å². The largest absolute Gasteiger partial charge is 0.297 e. The number of hydrogen-bond donors (Lipinski definition) is 0. The van der Waals surface area contributed by atoms with Crippen molar-refractivity contribution in [2.24, 2.45) is 0 Å². The lowest BCUT2D eigenvalue weighted by Crippen LogP contribution is -2.18. The lowest BCUT2D eigenvalue weighted by molar-refractivity contribution is 0.866. The van der Waals surface area contributed by atoms with Gasteiger partial charge in [-0.1, -0.05) is 6.58 Å². The molecule has 0 aromatic carbocycles. The Morgan fingerprint density at radius 1 is 1.54 bits per heavy atom. The lowest BCUT2D eigenvalue weighted by Gasteiger charge is -1.97. The summed E-state index contributed by atoms with van der Waals surface area (Å²) in [4.78, 5) is 15.5. The van der Waals surface area contributed by atoms with Crippen LogP contribution in [-0.4, -0.2) is 14.8 Å². The van der Waals surface area contributed by atoms with Gasteiger partial charge in [0, 0.05) is 17.8 Å². The first-order chi connectivity index (χ1) is 6.33. The minimum Gasteiger partial charge on any atom is -0.265 e. The molecular weight excluding hydrogens is 166 g/mol. The van der Waals surface area contributed by atoms with E-state index in [0.29, 0.717) is 5.52 Å². The summed E-state index contributed by atoms with van der Waals surface area (Å²) in [6.07, 6.45) is 4.53. The van der Waals surface area contributed by atoms with Gasteiger partial charge >= 0.3 is 0 Å². The average molecular weight is 173 g/mol. The Hall–Kier alpha value is -1.97. The Kier molecular flexibility index (Phi) is 1.66. The van der Waals surface area contributed by atoms with Gasteiger partial charge in [0.25, 0.3) is 5.56 Å². The van der Waals surface area contributed by atoms with Gasteiger partial charge in [0.05, 0.1) is 6.20 Å². The molecule has 0 aliphatic carbocycles. The summed E-state index contributed by atoms with van der Waals surface area (Å²) in [5.41, 5.74) is 0.172. The second kappa shape index (κ2) is 2.82. The molecule has 0 fully saturated rings. The van der Waals surface area contributed by atoms with Crippen molar-refractivity contribution in [2.45, 2.75) is 0 Å². The van der Waals surface area contributed by atoms with E-state index in [0.717, 1.165) is 10.1 Å². The number of pyridine rings is 1. The molecule has 64 valence electrons. The van der Waals surface area contributed by atoms with Crippen LogP contribution < -0.4 is 5.56 Å². The highest BCUT2D eigenvalue weighted by Gasteiger charge is 2.00. The number of aromatic nitrogens is 3. The lowest BCUT2D eigenvalue weighted by atomic mass is 10.3. The van der Waals surface area contributed by atoms with Crippen molar-refractivity contribution in [1.82, 2.24) is 14.8 Å². The van der Waals surface area contributed by atoms with Crippen LogP contribution in [0.3, 0.4) is 0 Å². The minimum absolute atomic E-state index is 0.242. The third-order valence-electron chi connectivity index (χ3n) is 1.74. The Morgan fingerprint density at radius 3 is 3.15 bits per heavy atom. The molecule has 0 atom stereocenters. The molecule has 13 heavy (non-hydrogen) atoms. The molecule has 2 aromatic heterocycles. The van der Waals surface area contributed by atoms with Gasteiger partial charge < -0.3 is 0 Å². The van der Waals surface area contributed by atoms with Crippen molar-refractivity contribution < 1.29 is 0 Å². The molecule has 4 nitrogen and oxygen atoms in total. The highest BCUT2D eigenvalue weighted by atomic mass is 16.1. The fourth-order valence-electron chi connectivity index (χ4n) is 1.12. The Bertz CT molecular complexity index is 515. The second-order valence-corrected chi connectivity index (χ2v) is 2.52. The molecule has 0 unspecified atom stereocenters.